The Labute approximate surface area is 120 Å². The monoisotopic (exact) mass is 368 g/mol. The van der Waals surface area contributed by atoms with Gasteiger partial charge in [-0.2, -0.15) is 5.26 Å². The highest BCUT2D eigenvalue weighted by molar-refractivity contribution is 9.10. The number of pyridine rings is 1. The fourth-order valence-electron chi connectivity index (χ4n) is 1.21. The van der Waals surface area contributed by atoms with Crippen molar-refractivity contribution in [3.8, 4) is 6.07 Å². The normalized spacial score (nSPS) is 9.94. The molecule has 0 aliphatic rings. The van der Waals surface area contributed by atoms with Crippen molar-refractivity contribution in [3.05, 3.63) is 51.0 Å². The number of benzene rings is 1. The summed E-state index contributed by atoms with van der Waals surface area (Å²) in [5.41, 5.74) is 0.634. The zero-order valence-electron chi connectivity index (χ0n) is 8.52. The average molecular weight is 370 g/mol. The maximum absolute atomic E-state index is 8.84. The van der Waals surface area contributed by atoms with Crippen LogP contribution in [-0.4, -0.2) is 4.98 Å². The van der Waals surface area contributed by atoms with Crippen LogP contribution in [0.3, 0.4) is 0 Å². The summed E-state index contributed by atoms with van der Waals surface area (Å²) in [5.74, 6) is 0. The van der Waals surface area contributed by atoms with Crippen molar-refractivity contribution in [2.24, 2.45) is 0 Å². The highest BCUT2D eigenvalue weighted by atomic mass is 79.9. The number of nitriles is 1. The van der Waals surface area contributed by atoms with Gasteiger partial charge in [0, 0.05) is 15.6 Å². The van der Waals surface area contributed by atoms with Gasteiger partial charge >= 0.3 is 0 Å². The Morgan fingerprint density at radius 2 is 2.00 bits per heavy atom. The largest absolute Gasteiger partial charge is 0.248 e. The summed E-state index contributed by atoms with van der Waals surface area (Å²) in [6.07, 6.45) is 1.76. The zero-order chi connectivity index (χ0) is 12.3. The second-order valence-corrected chi connectivity index (χ2v) is 5.92. The molecule has 2 nitrogen and oxygen atoms in total. The fraction of sp³-hybridized carbons (Fsp3) is 0. The standard InChI is InChI=1S/C12H6Br2N2S/c13-10-2-1-5-16-12(10)17-9-4-3-8(7-15)11(14)6-9/h1-6H. The van der Waals surface area contributed by atoms with Crippen LogP contribution in [0.15, 0.2) is 55.4 Å². The molecular formula is C12H6Br2N2S. The number of aromatic nitrogens is 1. The van der Waals surface area contributed by atoms with Gasteiger partial charge in [-0.3, -0.25) is 0 Å². The summed E-state index contributed by atoms with van der Waals surface area (Å²) in [6.45, 7) is 0. The van der Waals surface area contributed by atoms with Gasteiger partial charge in [-0.1, -0.05) is 11.8 Å². The summed E-state index contributed by atoms with van der Waals surface area (Å²) in [7, 11) is 0. The molecule has 0 saturated heterocycles. The van der Waals surface area contributed by atoms with Crippen molar-refractivity contribution < 1.29 is 0 Å². The molecule has 1 heterocycles. The van der Waals surface area contributed by atoms with Crippen molar-refractivity contribution in [1.82, 2.24) is 4.98 Å². The number of hydrogen-bond donors (Lipinski definition) is 0. The van der Waals surface area contributed by atoms with Crippen molar-refractivity contribution in [3.63, 3.8) is 0 Å². The lowest BCUT2D eigenvalue weighted by atomic mass is 10.2. The van der Waals surface area contributed by atoms with Crippen LogP contribution in [0.25, 0.3) is 0 Å². The lowest BCUT2D eigenvalue weighted by molar-refractivity contribution is 1.11. The molecule has 0 aliphatic heterocycles. The molecule has 0 radical (unpaired) electrons. The minimum atomic E-state index is 0.634. The molecule has 0 unspecified atom stereocenters. The SMILES string of the molecule is N#Cc1ccc(Sc2ncccc2Br)cc1Br. The maximum Gasteiger partial charge on any atom is 0.115 e. The lowest BCUT2D eigenvalue weighted by Gasteiger charge is -2.04. The molecule has 5 heteroatoms. The van der Waals surface area contributed by atoms with Crippen LogP contribution in [0.1, 0.15) is 5.56 Å². The highest BCUT2D eigenvalue weighted by Gasteiger charge is 2.05. The van der Waals surface area contributed by atoms with Gasteiger partial charge in [0.2, 0.25) is 0 Å². The second kappa shape index (κ2) is 5.67. The van der Waals surface area contributed by atoms with E-state index in [2.05, 4.69) is 42.9 Å². The molecule has 1 aromatic heterocycles. The van der Waals surface area contributed by atoms with Gasteiger partial charge < -0.3 is 0 Å². The smallest absolute Gasteiger partial charge is 0.115 e. The maximum atomic E-state index is 8.84. The molecule has 84 valence electrons. The molecule has 2 rings (SSSR count). The first-order chi connectivity index (χ1) is 8.20. The minimum absolute atomic E-state index is 0.634. The Hall–Kier alpha value is -0.830. The Morgan fingerprint density at radius 1 is 1.18 bits per heavy atom. The number of halogens is 2. The summed E-state index contributed by atoms with van der Waals surface area (Å²) >= 11 is 8.37. The molecule has 0 aliphatic carbocycles. The molecule has 1 aromatic carbocycles. The molecule has 0 N–H and O–H groups in total. The number of nitrogens with zero attached hydrogens (tertiary/aromatic N) is 2. The quantitative estimate of drug-likeness (QED) is 0.774. The molecular weight excluding hydrogens is 364 g/mol. The Bertz CT molecular complexity index is 593. The average Bonchev–Trinajstić information content (AvgIpc) is 2.32. The van der Waals surface area contributed by atoms with Crippen molar-refractivity contribution in [1.29, 1.82) is 5.26 Å². The molecule has 2 aromatic rings. The van der Waals surface area contributed by atoms with Crippen molar-refractivity contribution in [2.45, 2.75) is 9.92 Å². The van der Waals surface area contributed by atoms with E-state index in [1.54, 1.807) is 24.0 Å². The predicted molar refractivity (Wildman–Crippen MR) is 74.9 cm³/mol. The van der Waals surface area contributed by atoms with Crippen LogP contribution in [-0.2, 0) is 0 Å². The van der Waals surface area contributed by atoms with E-state index in [4.69, 9.17) is 5.26 Å². The first-order valence-electron chi connectivity index (χ1n) is 4.69. The van der Waals surface area contributed by atoms with E-state index < -0.39 is 0 Å². The Balaban J connectivity index is 2.29. The Kier molecular flexibility index (Phi) is 4.21. The van der Waals surface area contributed by atoms with Gasteiger partial charge in [-0.15, -0.1) is 0 Å². The van der Waals surface area contributed by atoms with Crippen LogP contribution < -0.4 is 0 Å². The summed E-state index contributed by atoms with van der Waals surface area (Å²) in [5, 5.41) is 9.74. The van der Waals surface area contributed by atoms with Gasteiger partial charge in [0.05, 0.1) is 10.0 Å². The zero-order valence-corrected chi connectivity index (χ0v) is 12.5. The third-order valence-electron chi connectivity index (χ3n) is 2.00. The number of hydrogen-bond acceptors (Lipinski definition) is 3. The van der Waals surface area contributed by atoms with Gasteiger partial charge in [0.1, 0.15) is 11.1 Å². The van der Waals surface area contributed by atoms with Crippen LogP contribution >= 0.6 is 43.6 Å². The van der Waals surface area contributed by atoms with Crippen LogP contribution in [0.4, 0.5) is 0 Å². The van der Waals surface area contributed by atoms with E-state index in [9.17, 15) is 0 Å². The van der Waals surface area contributed by atoms with E-state index in [0.717, 1.165) is 18.9 Å². The van der Waals surface area contributed by atoms with Gasteiger partial charge in [-0.25, -0.2) is 4.98 Å². The molecule has 0 bridgehead atoms. The first-order valence-corrected chi connectivity index (χ1v) is 7.09. The molecule has 0 spiro atoms. The summed E-state index contributed by atoms with van der Waals surface area (Å²) in [4.78, 5) is 5.32. The van der Waals surface area contributed by atoms with Gasteiger partial charge in [0.25, 0.3) is 0 Å². The number of rotatable bonds is 2. The third-order valence-corrected chi connectivity index (χ3v) is 4.57. The third kappa shape index (κ3) is 3.09. The van der Waals surface area contributed by atoms with E-state index in [0.29, 0.717) is 5.56 Å². The molecule has 0 atom stereocenters. The van der Waals surface area contributed by atoms with E-state index in [1.165, 1.54) is 0 Å². The fourth-order valence-corrected chi connectivity index (χ4v) is 3.14. The van der Waals surface area contributed by atoms with E-state index >= 15 is 0 Å². The first kappa shape index (κ1) is 12.6. The lowest BCUT2D eigenvalue weighted by Crippen LogP contribution is -1.82. The molecule has 0 saturated carbocycles. The molecule has 0 fully saturated rings. The van der Waals surface area contributed by atoms with Crippen LogP contribution in [0, 0.1) is 11.3 Å². The highest BCUT2D eigenvalue weighted by Crippen LogP contribution is 2.33. The molecule has 17 heavy (non-hydrogen) atoms. The Morgan fingerprint density at radius 3 is 2.65 bits per heavy atom. The topological polar surface area (TPSA) is 36.7 Å². The molecule has 0 amide bonds. The van der Waals surface area contributed by atoms with Crippen LogP contribution in [0.2, 0.25) is 0 Å². The second-order valence-electron chi connectivity index (χ2n) is 3.15. The van der Waals surface area contributed by atoms with Crippen LogP contribution in [0.5, 0.6) is 0 Å². The predicted octanol–water partition coefficient (Wildman–Crippen LogP) is 4.63. The van der Waals surface area contributed by atoms with Crippen molar-refractivity contribution in [2.75, 3.05) is 0 Å². The summed E-state index contributed by atoms with van der Waals surface area (Å²) in [6, 6.07) is 11.6. The van der Waals surface area contributed by atoms with E-state index in [-0.39, 0.29) is 0 Å². The van der Waals surface area contributed by atoms with Gasteiger partial charge in [-0.05, 0) is 62.2 Å². The summed E-state index contributed by atoms with van der Waals surface area (Å²) < 4.78 is 1.77. The van der Waals surface area contributed by atoms with Crippen molar-refractivity contribution >= 4 is 43.6 Å². The minimum Gasteiger partial charge on any atom is -0.248 e. The van der Waals surface area contributed by atoms with E-state index in [1.807, 2.05) is 24.3 Å². The van der Waals surface area contributed by atoms with Gasteiger partial charge in [0.15, 0.2) is 0 Å².